The van der Waals surface area contributed by atoms with Crippen LogP contribution in [0.4, 0.5) is 0 Å². The Hall–Kier alpha value is -4.89. The van der Waals surface area contributed by atoms with E-state index in [-0.39, 0.29) is 38.4 Å². The quantitative estimate of drug-likeness (QED) is 0.0581. The van der Waals surface area contributed by atoms with Crippen LogP contribution in [0.3, 0.4) is 0 Å². The molecule has 4 rings (SSSR count). The Kier molecular flexibility index (Phi) is 19.2. The van der Waals surface area contributed by atoms with Crippen molar-refractivity contribution in [3.05, 3.63) is 112 Å². The Morgan fingerprint density at radius 1 is 0.712 bits per heavy atom. The van der Waals surface area contributed by atoms with E-state index in [1.54, 1.807) is 69.7 Å². The third-order valence-electron chi connectivity index (χ3n) is 9.98. The van der Waals surface area contributed by atoms with E-state index in [1.165, 1.54) is 7.11 Å². The summed E-state index contributed by atoms with van der Waals surface area (Å²) in [6.45, 7) is 10.4. The number of methoxy groups -OCH3 is 3. The molecule has 0 amide bonds. The van der Waals surface area contributed by atoms with Crippen molar-refractivity contribution in [1.82, 2.24) is 0 Å². The van der Waals surface area contributed by atoms with Crippen molar-refractivity contribution in [3.63, 3.8) is 0 Å². The third-order valence-corrected chi connectivity index (χ3v) is 9.98. The van der Waals surface area contributed by atoms with Gasteiger partial charge in [-0.25, -0.2) is 0 Å². The highest BCUT2D eigenvalue weighted by atomic mass is 16.7. The zero-order chi connectivity index (χ0) is 42.7. The topological polar surface area (TPSA) is 144 Å². The number of ether oxygens (including phenoxy) is 10. The van der Waals surface area contributed by atoms with Crippen molar-refractivity contribution in [3.8, 4) is 17.2 Å². The Morgan fingerprint density at radius 3 is 1.95 bits per heavy atom. The molecule has 1 aliphatic carbocycles. The largest absolute Gasteiger partial charge is 0.493 e. The van der Waals surface area contributed by atoms with Crippen molar-refractivity contribution in [1.29, 1.82) is 0 Å². The maximum Gasteiger partial charge on any atom is 0.186 e. The van der Waals surface area contributed by atoms with Gasteiger partial charge in [0.2, 0.25) is 0 Å². The van der Waals surface area contributed by atoms with E-state index in [4.69, 9.17) is 47.4 Å². The van der Waals surface area contributed by atoms with E-state index in [0.29, 0.717) is 76.2 Å². The lowest BCUT2D eigenvalue weighted by Crippen LogP contribution is -2.58. The first kappa shape index (κ1) is 46.8. The van der Waals surface area contributed by atoms with Crippen LogP contribution in [0, 0.1) is 5.92 Å². The summed E-state index contributed by atoms with van der Waals surface area (Å²) in [5.41, 5.74) is 2.63. The van der Waals surface area contributed by atoms with Gasteiger partial charge < -0.3 is 47.4 Å². The van der Waals surface area contributed by atoms with Crippen molar-refractivity contribution in [2.45, 2.75) is 84.6 Å². The molecule has 0 radical (unpaired) electrons. The van der Waals surface area contributed by atoms with Crippen LogP contribution in [0.5, 0.6) is 17.2 Å². The fourth-order valence-electron chi connectivity index (χ4n) is 6.73. The first-order valence-corrected chi connectivity index (χ1v) is 19.7. The van der Waals surface area contributed by atoms with Crippen LogP contribution in [0.15, 0.2) is 95.4 Å². The van der Waals surface area contributed by atoms with Gasteiger partial charge in [0.25, 0.3) is 0 Å². The van der Waals surface area contributed by atoms with Gasteiger partial charge >= 0.3 is 0 Å². The molecule has 0 aromatic heterocycles. The molecule has 2 aromatic rings. The summed E-state index contributed by atoms with van der Waals surface area (Å²) in [5, 5.41) is 0. The van der Waals surface area contributed by atoms with Gasteiger partial charge in [0.05, 0.1) is 63.0 Å². The molecule has 1 fully saturated rings. The summed E-state index contributed by atoms with van der Waals surface area (Å²) in [6, 6.07) is 10.3. The summed E-state index contributed by atoms with van der Waals surface area (Å²) >= 11 is 0. The SMILES string of the molecule is CCc1cc(C=O)ccc1O/C(C)=C/CO[C@@H]1C(OC/C=C(\C)Oc2ccc(C=O)cc2OC)[C@H](OC)OC(COC/C=C(\C)OC2=CC=C(C=O)CC2OC)[C@H]1CC. The fraction of sp³-hybridized carbons (Fsp3) is 0.457. The standard InChI is InChI=1S/C46H58O13/c1-9-36-23-33(26-47)11-14-38(36)56-31(4)18-21-54-44-37(10-2)43(29-53-20-17-30(3)57-39-15-12-34(27-48)24-41(39)50-6)59-46(52-8)45(44)55-22-19-32(5)58-40-16-13-35(28-49)25-42(40)51-7/h11-19,23,25-28,37,41,43-46H,9-10,20-22,24,29H2,1-8H3/b30-17+,31-18+,32-19+/t37-,41?,43?,44+,45?,46-/m1/s1. The van der Waals surface area contributed by atoms with Crippen LogP contribution < -0.4 is 14.2 Å². The number of carbonyl (C=O) groups excluding carboxylic acids is 3. The van der Waals surface area contributed by atoms with Crippen molar-refractivity contribution < 1.29 is 61.8 Å². The molecule has 0 N–H and O–H groups in total. The first-order valence-electron chi connectivity index (χ1n) is 19.7. The van der Waals surface area contributed by atoms with Crippen molar-refractivity contribution in [2.75, 3.05) is 47.8 Å². The molecular formula is C46H58O13. The minimum absolute atomic E-state index is 0.150. The minimum atomic E-state index is -0.791. The Bertz CT molecular complexity index is 1860. The fourth-order valence-corrected chi connectivity index (χ4v) is 6.73. The smallest absolute Gasteiger partial charge is 0.186 e. The average Bonchev–Trinajstić information content (AvgIpc) is 3.25. The highest BCUT2D eigenvalue weighted by Crippen LogP contribution is 2.34. The maximum atomic E-state index is 11.3. The number of aldehydes is 3. The van der Waals surface area contributed by atoms with Crippen LogP contribution in [0.2, 0.25) is 0 Å². The second kappa shape index (κ2) is 24.3. The van der Waals surface area contributed by atoms with E-state index >= 15 is 0 Å². The van der Waals surface area contributed by atoms with Gasteiger partial charge in [-0.05, 0) is 105 Å². The molecule has 13 nitrogen and oxygen atoms in total. The second-order valence-corrected chi connectivity index (χ2v) is 14.0. The Balaban J connectivity index is 1.48. The van der Waals surface area contributed by atoms with E-state index in [0.717, 1.165) is 24.4 Å². The van der Waals surface area contributed by atoms with Crippen molar-refractivity contribution in [2.24, 2.45) is 5.92 Å². The predicted molar refractivity (Wildman–Crippen MR) is 221 cm³/mol. The van der Waals surface area contributed by atoms with Gasteiger partial charge in [-0.3, -0.25) is 14.4 Å². The highest BCUT2D eigenvalue weighted by molar-refractivity contribution is 5.77. The molecule has 59 heavy (non-hydrogen) atoms. The summed E-state index contributed by atoms with van der Waals surface area (Å²) in [5.74, 6) is 3.84. The van der Waals surface area contributed by atoms with Crippen molar-refractivity contribution >= 4 is 18.9 Å². The predicted octanol–water partition coefficient (Wildman–Crippen LogP) is 7.68. The molecule has 3 unspecified atom stereocenters. The molecule has 1 aliphatic heterocycles. The minimum Gasteiger partial charge on any atom is -0.493 e. The lowest BCUT2D eigenvalue weighted by molar-refractivity contribution is -0.298. The van der Waals surface area contributed by atoms with E-state index in [2.05, 4.69) is 6.92 Å². The third kappa shape index (κ3) is 13.6. The molecule has 1 heterocycles. The van der Waals surface area contributed by atoms with Crippen LogP contribution >= 0.6 is 0 Å². The molecule has 2 aromatic carbocycles. The van der Waals surface area contributed by atoms with Crippen LogP contribution in [0.1, 0.15) is 73.7 Å². The van der Waals surface area contributed by atoms with E-state index in [1.807, 2.05) is 39.0 Å². The monoisotopic (exact) mass is 818 g/mol. The Labute approximate surface area is 347 Å². The van der Waals surface area contributed by atoms with Gasteiger partial charge in [0.15, 0.2) is 17.8 Å². The molecule has 0 spiro atoms. The number of hydrogen-bond donors (Lipinski definition) is 0. The van der Waals surface area contributed by atoms with E-state index < -0.39 is 24.6 Å². The lowest BCUT2D eigenvalue weighted by atomic mass is 9.86. The number of hydrogen-bond acceptors (Lipinski definition) is 13. The maximum absolute atomic E-state index is 11.3. The number of rotatable bonds is 24. The van der Waals surface area contributed by atoms with Gasteiger partial charge in [0, 0.05) is 37.7 Å². The molecule has 1 saturated heterocycles. The van der Waals surface area contributed by atoms with Crippen LogP contribution in [0.25, 0.3) is 0 Å². The summed E-state index contributed by atoms with van der Waals surface area (Å²) < 4.78 is 60.7. The van der Waals surface area contributed by atoms with Gasteiger partial charge in [-0.2, -0.15) is 0 Å². The van der Waals surface area contributed by atoms with Gasteiger partial charge in [-0.15, -0.1) is 0 Å². The molecular weight excluding hydrogens is 760 g/mol. The highest BCUT2D eigenvalue weighted by Gasteiger charge is 2.47. The number of benzene rings is 2. The average molecular weight is 819 g/mol. The normalized spacial score (nSPS) is 22.5. The second-order valence-electron chi connectivity index (χ2n) is 14.0. The summed E-state index contributed by atoms with van der Waals surface area (Å²) in [6.07, 6.45) is 10.5. The van der Waals surface area contributed by atoms with Gasteiger partial charge in [0.1, 0.15) is 42.6 Å². The molecule has 0 saturated carbocycles. The van der Waals surface area contributed by atoms with Crippen LogP contribution in [-0.4, -0.2) is 97.3 Å². The summed E-state index contributed by atoms with van der Waals surface area (Å²) in [7, 11) is 4.65. The number of carbonyl (C=O) groups is 3. The zero-order valence-corrected chi connectivity index (χ0v) is 35.3. The lowest BCUT2D eigenvalue weighted by Gasteiger charge is -2.45. The van der Waals surface area contributed by atoms with Gasteiger partial charge in [-0.1, -0.05) is 19.9 Å². The van der Waals surface area contributed by atoms with Crippen LogP contribution in [-0.2, 0) is 44.4 Å². The van der Waals surface area contributed by atoms with E-state index in [9.17, 15) is 14.4 Å². The molecule has 6 atom stereocenters. The molecule has 0 bridgehead atoms. The molecule has 320 valence electrons. The summed E-state index contributed by atoms with van der Waals surface area (Å²) in [4.78, 5) is 33.8. The Morgan fingerprint density at radius 2 is 1.34 bits per heavy atom. The number of aryl methyl sites for hydroxylation is 1. The molecule has 13 heteroatoms. The first-order chi connectivity index (χ1) is 28.6. The zero-order valence-electron chi connectivity index (χ0n) is 35.3. The number of allylic oxidation sites excluding steroid dienone is 5. The molecule has 2 aliphatic rings.